The maximum Gasteiger partial charge on any atom is 0.243 e. The molecule has 0 N–H and O–H groups in total. The quantitative estimate of drug-likeness (QED) is 0.783. The van der Waals surface area contributed by atoms with Gasteiger partial charge in [-0.15, -0.1) is 0 Å². The lowest BCUT2D eigenvalue weighted by molar-refractivity contribution is 0.453. The first-order valence-corrected chi connectivity index (χ1v) is 7.51. The monoisotopic (exact) mass is 317 g/mol. The van der Waals surface area contributed by atoms with Gasteiger partial charge in [-0.25, -0.2) is 8.42 Å². The van der Waals surface area contributed by atoms with E-state index in [0.29, 0.717) is 18.0 Å². The van der Waals surface area contributed by atoms with Gasteiger partial charge in [-0.2, -0.15) is 4.31 Å². The Morgan fingerprint density at radius 3 is 2.59 bits per heavy atom. The fourth-order valence-corrected chi connectivity index (χ4v) is 3.55. The highest BCUT2D eigenvalue weighted by Gasteiger charge is 2.22. The van der Waals surface area contributed by atoms with Crippen molar-refractivity contribution in [3.8, 4) is 0 Å². The highest BCUT2D eigenvalue weighted by molar-refractivity contribution is 9.10. The SMILES string of the molecule is C=C(C)CN(CC)S(=O)(=O)c1cccc(Br)c1. The molecule has 0 fully saturated rings. The van der Waals surface area contributed by atoms with Crippen LogP contribution in [0.4, 0.5) is 0 Å². The number of nitrogens with zero attached hydrogens (tertiary/aromatic N) is 1. The second-order valence-electron chi connectivity index (χ2n) is 3.85. The highest BCUT2D eigenvalue weighted by Crippen LogP contribution is 2.20. The number of hydrogen-bond acceptors (Lipinski definition) is 2. The van der Waals surface area contributed by atoms with Crippen molar-refractivity contribution in [3.63, 3.8) is 0 Å². The summed E-state index contributed by atoms with van der Waals surface area (Å²) >= 11 is 3.28. The minimum atomic E-state index is -3.43. The van der Waals surface area contributed by atoms with Crippen molar-refractivity contribution in [2.75, 3.05) is 13.1 Å². The molecule has 3 nitrogen and oxygen atoms in total. The van der Waals surface area contributed by atoms with Crippen LogP contribution in [0.3, 0.4) is 0 Å². The molecule has 0 aliphatic carbocycles. The summed E-state index contributed by atoms with van der Waals surface area (Å²) in [5, 5.41) is 0. The summed E-state index contributed by atoms with van der Waals surface area (Å²) in [4.78, 5) is 0.301. The third kappa shape index (κ3) is 3.66. The van der Waals surface area contributed by atoms with Crippen LogP contribution in [0.1, 0.15) is 13.8 Å². The van der Waals surface area contributed by atoms with Crippen LogP contribution in [-0.4, -0.2) is 25.8 Å². The molecule has 0 saturated carbocycles. The number of halogens is 1. The molecule has 0 heterocycles. The Labute approximate surface area is 111 Å². The molecule has 5 heteroatoms. The molecule has 0 aliphatic heterocycles. The second-order valence-corrected chi connectivity index (χ2v) is 6.70. The Balaban J connectivity index is 3.13. The van der Waals surface area contributed by atoms with Gasteiger partial charge in [0.1, 0.15) is 0 Å². The van der Waals surface area contributed by atoms with Crippen molar-refractivity contribution in [2.24, 2.45) is 0 Å². The topological polar surface area (TPSA) is 37.4 Å². The fraction of sp³-hybridized carbons (Fsp3) is 0.333. The standard InChI is InChI=1S/C12H16BrNO2S/c1-4-14(9-10(2)3)17(15,16)12-7-5-6-11(13)8-12/h5-8H,2,4,9H2,1,3H3. The molecule has 0 radical (unpaired) electrons. The van der Waals surface area contributed by atoms with Gasteiger partial charge in [0.2, 0.25) is 10.0 Å². The van der Waals surface area contributed by atoms with Crippen LogP contribution in [0, 0.1) is 0 Å². The number of sulfonamides is 1. The van der Waals surface area contributed by atoms with E-state index in [2.05, 4.69) is 22.5 Å². The molecule has 0 bridgehead atoms. The molecule has 0 unspecified atom stereocenters. The molecule has 94 valence electrons. The van der Waals surface area contributed by atoms with E-state index in [1.165, 1.54) is 4.31 Å². The van der Waals surface area contributed by atoms with Crippen LogP contribution in [0.2, 0.25) is 0 Å². The molecular formula is C12H16BrNO2S. The minimum Gasteiger partial charge on any atom is -0.207 e. The maximum atomic E-state index is 12.3. The van der Waals surface area contributed by atoms with Gasteiger partial charge in [-0.05, 0) is 25.1 Å². The summed E-state index contributed by atoms with van der Waals surface area (Å²) < 4.78 is 26.8. The van der Waals surface area contributed by atoms with Crippen LogP contribution < -0.4 is 0 Å². The first kappa shape index (κ1) is 14.4. The zero-order valence-electron chi connectivity index (χ0n) is 9.98. The first-order valence-electron chi connectivity index (χ1n) is 5.28. The third-order valence-electron chi connectivity index (χ3n) is 2.23. The van der Waals surface area contributed by atoms with Gasteiger partial charge in [0.25, 0.3) is 0 Å². The van der Waals surface area contributed by atoms with Crippen LogP contribution in [0.25, 0.3) is 0 Å². The van der Waals surface area contributed by atoms with Crippen molar-refractivity contribution in [3.05, 3.63) is 40.9 Å². The summed E-state index contributed by atoms with van der Waals surface area (Å²) in [6.07, 6.45) is 0. The molecule has 0 atom stereocenters. The predicted octanol–water partition coefficient (Wildman–Crippen LogP) is 3.04. The highest BCUT2D eigenvalue weighted by atomic mass is 79.9. The smallest absolute Gasteiger partial charge is 0.207 e. The zero-order chi connectivity index (χ0) is 13.1. The molecule has 0 amide bonds. The van der Waals surface area contributed by atoms with E-state index in [9.17, 15) is 8.42 Å². The van der Waals surface area contributed by atoms with Crippen LogP contribution in [0.5, 0.6) is 0 Å². The van der Waals surface area contributed by atoms with Gasteiger partial charge < -0.3 is 0 Å². The van der Waals surface area contributed by atoms with Gasteiger partial charge in [-0.1, -0.05) is 41.1 Å². The van der Waals surface area contributed by atoms with Gasteiger partial charge in [-0.3, -0.25) is 0 Å². The average molecular weight is 318 g/mol. The Morgan fingerprint density at radius 1 is 1.47 bits per heavy atom. The number of likely N-dealkylation sites (N-methyl/N-ethyl adjacent to an activating group) is 1. The van der Waals surface area contributed by atoms with Crippen molar-refractivity contribution in [2.45, 2.75) is 18.7 Å². The van der Waals surface area contributed by atoms with Gasteiger partial charge in [0.15, 0.2) is 0 Å². The molecule has 1 aromatic rings. The van der Waals surface area contributed by atoms with Crippen molar-refractivity contribution >= 4 is 26.0 Å². The first-order chi connectivity index (χ1) is 7.87. The Kier molecular flexibility index (Phi) is 4.91. The summed E-state index contributed by atoms with van der Waals surface area (Å²) in [5.74, 6) is 0. The van der Waals surface area contributed by atoms with Gasteiger partial charge >= 0.3 is 0 Å². The van der Waals surface area contributed by atoms with Crippen molar-refractivity contribution in [1.82, 2.24) is 4.31 Å². The maximum absolute atomic E-state index is 12.3. The van der Waals surface area contributed by atoms with E-state index in [1.54, 1.807) is 24.3 Å². The third-order valence-corrected chi connectivity index (χ3v) is 4.64. The minimum absolute atomic E-state index is 0.301. The molecule has 0 spiro atoms. The molecule has 0 aliphatic rings. The zero-order valence-corrected chi connectivity index (χ0v) is 12.4. The number of benzene rings is 1. The van der Waals surface area contributed by atoms with Crippen molar-refractivity contribution < 1.29 is 8.42 Å². The Morgan fingerprint density at radius 2 is 2.12 bits per heavy atom. The molecule has 1 rings (SSSR count). The Bertz CT molecular complexity index is 511. The largest absolute Gasteiger partial charge is 0.243 e. The molecule has 1 aromatic carbocycles. The van der Waals surface area contributed by atoms with Crippen molar-refractivity contribution in [1.29, 1.82) is 0 Å². The molecule has 0 saturated heterocycles. The van der Waals surface area contributed by atoms with Gasteiger partial charge in [0, 0.05) is 17.6 Å². The lowest BCUT2D eigenvalue weighted by atomic mass is 10.3. The molecule has 17 heavy (non-hydrogen) atoms. The summed E-state index contributed by atoms with van der Waals surface area (Å²) in [6.45, 7) is 8.17. The molecular weight excluding hydrogens is 302 g/mol. The van der Waals surface area contributed by atoms with E-state index in [4.69, 9.17) is 0 Å². The second kappa shape index (κ2) is 5.80. The average Bonchev–Trinajstić information content (AvgIpc) is 2.25. The van der Waals surface area contributed by atoms with Crippen LogP contribution in [0.15, 0.2) is 45.8 Å². The van der Waals surface area contributed by atoms with E-state index in [1.807, 2.05) is 13.8 Å². The number of rotatable bonds is 5. The van der Waals surface area contributed by atoms with E-state index in [0.717, 1.165) is 10.0 Å². The van der Waals surface area contributed by atoms with E-state index in [-0.39, 0.29) is 0 Å². The Hall–Kier alpha value is -0.650. The predicted molar refractivity (Wildman–Crippen MR) is 73.4 cm³/mol. The summed E-state index contributed by atoms with van der Waals surface area (Å²) in [6, 6.07) is 6.72. The summed E-state index contributed by atoms with van der Waals surface area (Å²) in [5.41, 5.74) is 0.824. The normalized spacial score (nSPS) is 11.8. The van der Waals surface area contributed by atoms with Gasteiger partial charge in [0.05, 0.1) is 4.90 Å². The van der Waals surface area contributed by atoms with E-state index < -0.39 is 10.0 Å². The lowest BCUT2D eigenvalue weighted by Crippen LogP contribution is -2.32. The summed E-state index contributed by atoms with van der Waals surface area (Å²) in [7, 11) is -3.43. The van der Waals surface area contributed by atoms with Crippen LogP contribution in [-0.2, 0) is 10.0 Å². The molecule has 0 aromatic heterocycles. The van der Waals surface area contributed by atoms with Crippen LogP contribution >= 0.6 is 15.9 Å². The van der Waals surface area contributed by atoms with E-state index >= 15 is 0 Å². The fourth-order valence-electron chi connectivity index (χ4n) is 1.44. The number of hydrogen-bond donors (Lipinski definition) is 0. The lowest BCUT2D eigenvalue weighted by Gasteiger charge is -2.20.